The molecule has 180 valence electrons. The van der Waals surface area contributed by atoms with E-state index in [4.69, 9.17) is 4.74 Å². The number of para-hydroxylation sites is 1. The van der Waals surface area contributed by atoms with Gasteiger partial charge in [-0.15, -0.1) is 0 Å². The fourth-order valence-electron chi connectivity index (χ4n) is 4.69. The quantitative estimate of drug-likeness (QED) is 0.381. The van der Waals surface area contributed by atoms with Crippen molar-refractivity contribution in [1.82, 2.24) is 29.9 Å². The molecule has 0 radical (unpaired) electrons. The highest BCUT2D eigenvalue weighted by molar-refractivity contribution is 5.97. The predicted octanol–water partition coefficient (Wildman–Crippen LogP) is 3.65. The van der Waals surface area contributed by atoms with Crippen LogP contribution < -0.4 is 15.0 Å². The first-order valence-electron chi connectivity index (χ1n) is 12.0. The number of amides is 1. The van der Waals surface area contributed by atoms with Crippen molar-refractivity contribution in [2.45, 2.75) is 25.4 Å². The zero-order chi connectivity index (χ0) is 24.3. The van der Waals surface area contributed by atoms with Crippen molar-refractivity contribution in [2.75, 3.05) is 18.1 Å². The van der Waals surface area contributed by atoms with Crippen LogP contribution in [0.15, 0.2) is 79.3 Å². The van der Waals surface area contributed by atoms with Crippen LogP contribution in [0, 0.1) is 0 Å². The van der Waals surface area contributed by atoms with Crippen molar-refractivity contribution in [3.8, 4) is 5.75 Å². The molecule has 1 unspecified atom stereocenters. The van der Waals surface area contributed by atoms with Crippen LogP contribution in [0.25, 0.3) is 16.7 Å². The summed E-state index contributed by atoms with van der Waals surface area (Å²) in [7, 11) is 0. The molecule has 9 heteroatoms. The summed E-state index contributed by atoms with van der Waals surface area (Å²) in [6.07, 6.45) is 5.32. The molecule has 0 saturated carbocycles. The monoisotopic (exact) mass is 479 g/mol. The Morgan fingerprint density at radius 3 is 2.83 bits per heavy atom. The van der Waals surface area contributed by atoms with Gasteiger partial charge < -0.3 is 15.0 Å². The fourth-order valence-corrected chi connectivity index (χ4v) is 4.69. The van der Waals surface area contributed by atoms with Crippen LogP contribution in [-0.4, -0.2) is 49.7 Å². The second kappa shape index (κ2) is 9.61. The molecule has 2 aromatic carbocycles. The van der Waals surface area contributed by atoms with E-state index in [-0.39, 0.29) is 11.9 Å². The molecule has 5 aromatic rings. The zero-order valence-electron chi connectivity index (χ0n) is 19.6. The third-order valence-electron chi connectivity index (χ3n) is 6.47. The lowest BCUT2D eigenvalue weighted by molar-refractivity contribution is 0.0945. The van der Waals surface area contributed by atoms with Gasteiger partial charge in [0.15, 0.2) is 0 Å². The molecule has 1 N–H and O–H groups in total. The summed E-state index contributed by atoms with van der Waals surface area (Å²) in [4.78, 5) is 28.3. The van der Waals surface area contributed by atoms with E-state index in [1.54, 1.807) is 16.8 Å². The van der Waals surface area contributed by atoms with Gasteiger partial charge in [-0.25, -0.2) is 9.97 Å². The number of hydrogen-bond donors (Lipinski definition) is 1. The minimum absolute atomic E-state index is 0.155. The van der Waals surface area contributed by atoms with Crippen LogP contribution >= 0.6 is 0 Å². The summed E-state index contributed by atoms with van der Waals surface area (Å²) in [6, 6.07) is 21.4. The molecular formula is C27H25N7O2. The maximum atomic E-state index is 13.0. The summed E-state index contributed by atoms with van der Waals surface area (Å²) >= 11 is 0. The minimum atomic E-state index is -0.234. The molecule has 1 aliphatic rings. The number of aromatic nitrogens is 5. The highest BCUT2D eigenvalue weighted by atomic mass is 16.5. The minimum Gasteiger partial charge on any atom is -0.491 e. The molecule has 3 aromatic heterocycles. The summed E-state index contributed by atoms with van der Waals surface area (Å²) in [5.74, 6) is 1.94. The number of carbonyl (C=O) groups excluding carboxylic acids is 1. The highest BCUT2D eigenvalue weighted by Crippen LogP contribution is 2.29. The molecule has 4 heterocycles. The van der Waals surface area contributed by atoms with Crippen LogP contribution in [0.4, 0.5) is 5.82 Å². The number of benzene rings is 2. The van der Waals surface area contributed by atoms with Gasteiger partial charge in [0, 0.05) is 30.7 Å². The van der Waals surface area contributed by atoms with E-state index in [1.807, 2.05) is 60.7 Å². The van der Waals surface area contributed by atoms with Gasteiger partial charge in [-0.2, -0.15) is 14.6 Å². The number of anilines is 1. The van der Waals surface area contributed by atoms with Gasteiger partial charge >= 0.3 is 0 Å². The molecule has 1 fully saturated rings. The van der Waals surface area contributed by atoms with Gasteiger partial charge in [0.2, 0.25) is 0 Å². The number of fused-ring (bicyclic) bond motifs is 2. The highest BCUT2D eigenvalue weighted by Gasteiger charge is 2.28. The molecular weight excluding hydrogens is 454 g/mol. The standard InChI is InChI=1S/C27H25N7O2/c35-26(29-16-19-7-2-1-3-8-19)23-15-24(21-10-4-5-11-22(21)32-23)36-17-20-9-6-14-33(20)25-12-13-28-27-30-18-31-34(25)27/h1-5,7-8,10-13,15,18,20H,6,9,14,16-17H2,(H,29,35). The van der Waals surface area contributed by atoms with Gasteiger partial charge in [0.05, 0.1) is 11.6 Å². The molecule has 0 spiro atoms. The molecule has 0 aliphatic carbocycles. The Hall–Kier alpha value is -4.53. The molecule has 0 bridgehead atoms. The number of carbonyl (C=O) groups is 1. The van der Waals surface area contributed by atoms with E-state index < -0.39 is 0 Å². The first-order valence-corrected chi connectivity index (χ1v) is 12.0. The first-order chi connectivity index (χ1) is 17.8. The largest absolute Gasteiger partial charge is 0.491 e. The summed E-state index contributed by atoms with van der Waals surface area (Å²) < 4.78 is 8.14. The third kappa shape index (κ3) is 4.31. The van der Waals surface area contributed by atoms with Crippen molar-refractivity contribution in [2.24, 2.45) is 0 Å². The molecule has 1 amide bonds. The van der Waals surface area contributed by atoms with E-state index in [9.17, 15) is 4.79 Å². The fraction of sp³-hybridized carbons (Fsp3) is 0.222. The lowest BCUT2D eigenvalue weighted by Gasteiger charge is -2.26. The topological polar surface area (TPSA) is 97.5 Å². The average molecular weight is 480 g/mol. The molecule has 6 rings (SSSR count). The molecule has 9 nitrogen and oxygen atoms in total. The van der Waals surface area contributed by atoms with Crippen LogP contribution in [-0.2, 0) is 6.54 Å². The van der Waals surface area contributed by atoms with Gasteiger partial charge in [0.25, 0.3) is 11.7 Å². The van der Waals surface area contributed by atoms with E-state index in [0.29, 0.717) is 30.4 Å². The van der Waals surface area contributed by atoms with E-state index in [1.165, 1.54) is 6.33 Å². The summed E-state index contributed by atoms with van der Waals surface area (Å²) in [6.45, 7) is 1.80. The maximum absolute atomic E-state index is 13.0. The van der Waals surface area contributed by atoms with Gasteiger partial charge in [-0.05, 0) is 36.6 Å². The lowest BCUT2D eigenvalue weighted by atomic mass is 10.1. The number of nitrogens with zero attached hydrogens (tertiary/aromatic N) is 6. The van der Waals surface area contributed by atoms with Crippen LogP contribution in [0.3, 0.4) is 0 Å². The molecule has 1 atom stereocenters. The summed E-state index contributed by atoms with van der Waals surface area (Å²) in [5.41, 5.74) is 2.09. The van der Waals surface area contributed by atoms with Crippen molar-refractivity contribution in [3.05, 3.63) is 90.5 Å². The van der Waals surface area contributed by atoms with Crippen LogP contribution in [0.1, 0.15) is 28.9 Å². The number of nitrogens with one attached hydrogen (secondary N) is 1. The van der Waals surface area contributed by atoms with E-state index in [0.717, 1.165) is 41.7 Å². The van der Waals surface area contributed by atoms with E-state index in [2.05, 4.69) is 30.3 Å². The predicted molar refractivity (Wildman–Crippen MR) is 136 cm³/mol. The van der Waals surface area contributed by atoms with Crippen molar-refractivity contribution in [1.29, 1.82) is 0 Å². The second-order valence-corrected chi connectivity index (χ2v) is 8.77. The van der Waals surface area contributed by atoms with Crippen LogP contribution in [0.2, 0.25) is 0 Å². The van der Waals surface area contributed by atoms with Crippen molar-refractivity contribution >= 4 is 28.4 Å². The van der Waals surface area contributed by atoms with Gasteiger partial charge in [0.1, 0.15) is 30.2 Å². The normalized spacial score (nSPS) is 15.4. The Morgan fingerprint density at radius 2 is 1.92 bits per heavy atom. The van der Waals surface area contributed by atoms with Gasteiger partial charge in [-0.3, -0.25) is 4.79 Å². The molecule has 36 heavy (non-hydrogen) atoms. The first kappa shape index (κ1) is 22.0. The lowest BCUT2D eigenvalue weighted by Crippen LogP contribution is -2.35. The maximum Gasteiger partial charge on any atom is 0.270 e. The number of pyridine rings is 1. The molecule has 1 saturated heterocycles. The SMILES string of the molecule is O=C(NCc1ccccc1)c1cc(OCC2CCCN2c2ccnc3ncnn23)c2ccccc2n1. The number of rotatable bonds is 7. The smallest absolute Gasteiger partial charge is 0.270 e. The third-order valence-corrected chi connectivity index (χ3v) is 6.47. The van der Waals surface area contributed by atoms with Crippen molar-refractivity contribution < 1.29 is 9.53 Å². The molecule has 1 aliphatic heterocycles. The summed E-state index contributed by atoms with van der Waals surface area (Å²) in [5, 5.41) is 8.17. The Balaban J connectivity index is 1.23. The van der Waals surface area contributed by atoms with Crippen molar-refractivity contribution in [3.63, 3.8) is 0 Å². The number of hydrogen-bond acceptors (Lipinski definition) is 7. The Kier molecular flexibility index (Phi) is 5.87. The van der Waals surface area contributed by atoms with Gasteiger partial charge in [-0.1, -0.05) is 42.5 Å². The Bertz CT molecular complexity index is 1520. The number of ether oxygens (including phenoxy) is 1. The average Bonchev–Trinajstić information content (AvgIpc) is 3.60. The Morgan fingerprint density at radius 1 is 1.06 bits per heavy atom. The van der Waals surface area contributed by atoms with E-state index >= 15 is 0 Å². The second-order valence-electron chi connectivity index (χ2n) is 8.77. The zero-order valence-corrected chi connectivity index (χ0v) is 19.6. The van der Waals surface area contributed by atoms with Crippen LogP contribution in [0.5, 0.6) is 5.75 Å². The Labute approximate surface area is 207 Å².